The molecule has 0 bridgehead atoms. The van der Waals surface area contributed by atoms with E-state index in [2.05, 4.69) is 15.5 Å². The Morgan fingerprint density at radius 3 is 3.00 bits per heavy atom. The van der Waals surface area contributed by atoms with Crippen LogP contribution in [0, 0.1) is 6.92 Å². The van der Waals surface area contributed by atoms with Crippen molar-refractivity contribution in [2.45, 2.75) is 19.4 Å². The second-order valence-electron chi connectivity index (χ2n) is 3.13. The van der Waals surface area contributed by atoms with Gasteiger partial charge in [0.15, 0.2) is 5.82 Å². The van der Waals surface area contributed by atoms with E-state index in [1.54, 1.807) is 6.92 Å². The molecule has 0 saturated carbocycles. The summed E-state index contributed by atoms with van der Waals surface area (Å²) in [6, 6.07) is -0.878. The van der Waals surface area contributed by atoms with E-state index in [4.69, 9.17) is 15.4 Å². The molecule has 15 heavy (non-hydrogen) atoms. The van der Waals surface area contributed by atoms with Gasteiger partial charge in [0, 0.05) is 26.4 Å². The first-order chi connectivity index (χ1) is 7.09. The molecule has 0 spiro atoms. The Morgan fingerprint density at radius 1 is 1.73 bits per heavy atom. The minimum absolute atomic E-state index is 0.228. The summed E-state index contributed by atoms with van der Waals surface area (Å²) in [6.07, 6.45) is 0.587. The summed E-state index contributed by atoms with van der Waals surface area (Å²) < 4.78 is 4.77. The lowest BCUT2D eigenvalue weighted by Crippen LogP contribution is -2.40. The van der Waals surface area contributed by atoms with Gasteiger partial charge in [0.1, 0.15) is 6.04 Å². The number of hydrogen-bond donors (Lipinski definition) is 3. The Labute approximate surface area is 86.7 Å². The monoisotopic (exact) mass is 214 g/mol. The summed E-state index contributed by atoms with van der Waals surface area (Å²) in [5, 5.41) is 15.1. The van der Waals surface area contributed by atoms with E-state index in [9.17, 15) is 4.79 Å². The quantitative estimate of drug-likeness (QED) is 0.516. The van der Waals surface area contributed by atoms with Crippen molar-refractivity contribution in [2.75, 3.05) is 13.1 Å². The smallest absolute Gasteiger partial charge is 0.321 e. The fraction of sp³-hybridized carbons (Fsp3) is 0.625. The molecule has 0 aromatic carbocycles. The van der Waals surface area contributed by atoms with E-state index in [1.165, 1.54) is 0 Å². The molecule has 84 valence electrons. The number of hydrogen-bond acceptors (Lipinski definition) is 6. The van der Waals surface area contributed by atoms with E-state index < -0.39 is 12.0 Å². The Morgan fingerprint density at radius 2 is 2.47 bits per heavy atom. The molecule has 0 saturated heterocycles. The van der Waals surface area contributed by atoms with Crippen LogP contribution in [0.4, 0.5) is 0 Å². The molecule has 1 aromatic heterocycles. The first kappa shape index (κ1) is 11.6. The predicted octanol–water partition coefficient (Wildman–Crippen LogP) is -1.08. The van der Waals surface area contributed by atoms with Crippen LogP contribution < -0.4 is 11.1 Å². The van der Waals surface area contributed by atoms with Crippen molar-refractivity contribution < 1.29 is 14.4 Å². The van der Waals surface area contributed by atoms with Crippen LogP contribution in [0.15, 0.2) is 4.52 Å². The molecule has 1 atom stereocenters. The zero-order chi connectivity index (χ0) is 11.3. The summed E-state index contributed by atoms with van der Waals surface area (Å²) in [4.78, 5) is 14.4. The second-order valence-corrected chi connectivity index (χ2v) is 3.13. The molecular weight excluding hydrogens is 200 g/mol. The van der Waals surface area contributed by atoms with Gasteiger partial charge in [-0.05, 0) is 0 Å². The lowest BCUT2D eigenvalue weighted by molar-refractivity contribution is -0.138. The first-order valence-electron chi connectivity index (χ1n) is 4.58. The van der Waals surface area contributed by atoms with Crippen molar-refractivity contribution >= 4 is 5.97 Å². The largest absolute Gasteiger partial charge is 0.480 e. The maximum Gasteiger partial charge on any atom is 0.321 e. The van der Waals surface area contributed by atoms with Gasteiger partial charge in [-0.25, -0.2) is 0 Å². The number of aromatic nitrogens is 2. The van der Waals surface area contributed by atoms with Gasteiger partial charge in [-0.2, -0.15) is 4.98 Å². The van der Waals surface area contributed by atoms with Crippen molar-refractivity contribution in [1.82, 2.24) is 15.5 Å². The minimum Gasteiger partial charge on any atom is -0.480 e. The standard InChI is InChI=1S/C8H14N4O3/c1-5-11-7(12-15-5)2-3-10-4-6(9)8(13)14/h6,10H,2-4,9H2,1H3,(H,13,14). The lowest BCUT2D eigenvalue weighted by atomic mass is 10.3. The lowest BCUT2D eigenvalue weighted by Gasteiger charge is -2.06. The van der Waals surface area contributed by atoms with Crippen LogP contribution in [-0.2, 0) is 11.2 Å². The van der Waals surface area contributed by atoms with Crippen LogP contribution in [-0.4, -0.2) is 40.3 Å². The molecule has 0 aliphatic rings. The van der Waals surface area contributed by atoms with Crippen LogP contribution in [0.5, 0.6) is 0 Å². The highest BCUT2D eigenvalue weighted by Gasteiger charge is 2.10. The molecule has 0 amide bonds. The first-order valence-corrected chi connectivity index (χ1v) is 4.58. The van der Waals surface area contributed by atoms with Gasteiger partial charge >= 0.3 is 5.97 Å². The number of carboxylic acid groups (broad SMARTS) is 1. The highest BCUT2D eigenvalue weighted by molar-refractivity contribution is 5.73. The zero-order valence-electron chi connectivity index (χ0n) is 8.43. The molecule has 0 radical (unpaired) electrons. The number of carboxylic acids is 1. The van der Waals surface area contributed by atoms with E-state index >= 15 is 0 Å². The average Bonchev–Trinajstić information content (AvgIpc) is 2.58. The van der Waals surface area contributed by atoms with Gasteiger partial charge in [0.05, 0.1) is 0 Å². The number of aliphatic carboxylic acids is 1. The third-order valence-corrected chi connectivity index (χ3v) is 1.78. The third kappa shape index (κ3) is 4.05. The van der Waals surface area contributed by atoms with E-state index in [0.29, 0.717) is 24.7 Å². The van der Waals surface area contributed by atoms with Crippen molar-refractivity contribution in [1.29, 1.82) is 0 Å². The number of nitrogens with zero attached hydrogens (tertiary/aromatic N) is 2. The predicted molar refractivity (Wildman–Crippen MR) is 51.2 cm³/mol. The molecule has 0 aliphatic carbocycles. The van der Waals surface area contributed by atoms with Crippen molar-refractivity contribution in [2.24, 2.45) is 5.73 Å². The van der Waals surface area contributed by atoms with E-state index in [1.807, 2.05) is 0 Å². The number of carbonyl (C=O) groups is 1. The average molecular weight is 214 g/mol. The Bertz CT molecular complexity index is 325. The van der Waals surface area contributed by atoms with Crippen LogP contribution in [0.1, 0.15) is 11.7 Å². The fourth-order valence-electron chi connectivity index (χ4n) is 0.988. The highest BCUT2D eigenvalue weighted by Crippen LogP contribution is 1.94. The topological polar surface area (TPSA) is 114 Å². The van der Waals surface area contributed by atoms with Gasteiger partial charge in [0.2, 0.25) is 5.89 Å². The van der Waals surface area contributed by atoms with Crippen LogP contribution >= 0.6 is 0 Å². The molecule has 7 nitrogen and oxygen atoms in total. The number of rotatable bonds is 6. The van der Waals surface area contributed by atoms with Crippen molar-refractivity contribution in [3.63, 3.8) is 0 Å². The minimum atomic E-state index is -1.02. The summed E-state index contributed by atoms with van der Waals surface area (Å²) in [7, 11) is 0. The van der Waals surface area contributed by atoms with Crippen LogP contribution in [0.3, 0.4) is 0 Å². The molecule has 7 heteroatoms. The molecular formula is C8H14N4O3. The van der Waals surface area contributed by atoms with Crippen LogP contribution in [0.25, 0.3) is 0 Å². The molecule has 0 fully saturated rings. The Hall–Kier alpha value is -1.47. The Balaban J connectivity index is 2.14. The Kier molecular flexibility index (Phi) is 4.19. The van der Waals surface area contributed by atoms with Crippen molar-refractivity contribution in [3.8, 4) is 0 Å². The van der Waals surface area contributed by atoms with Gasteiger partial charge in [0.25, 0.3) is 0 Å². The van der Waals surface area contributed by atoms with Crippen LogP contribution in [0.2, 0.25) is 0 Å². The summed E-state index contributed by atoms with van der Waals surface area (Å²) in [5.74, 6) is 0.106. The summed E-state index contributed by atoms with van der Waals surface area (Å²) in [5.41, 5.74) is 5.29. The SMILES string of the molecule is Cc1nc(CCNCC(N)C(=O)O)no1. The van der Waals surface area contributed by atoms with Crippen molar-refractivity contribution in [3.05, 3.63) is 11.7 Å². The summed E-state index contributed by atoms with van der Waals surface area (Å²) >= 11 is 0. The molecule has 4 N–H and O–H groups in total. The molecule has 1 heterocycles. The number of nitrogens with two attached hydrogens (primary N) is 1. The maximum atomic E-state index is 10.4. The number of nitrogens with one attached hydrogen (secondary N) is 1. The van der Waals surface area contributed by atoms with Gasteiger partial charge < -0.3 is 20.7 Å². The van der Waals surface area contributed by atoms with E-state index in [-0.39, 0.29) is 6.54 Å². The zero-order valence-corrected chi connectivity index (χ0v) is 8.43. The second kappa shape index (κ2) is 5.42. The third-order valence-electron chi connectivity index (χ3n) is 1.78. The van der Waals surface area contributed by atoms with Gasteiger partial charge in [-0.15, -0.1) is 0 Å². The maximum absolute atomic E-state index is 10.4. The molecule has 1 rings (SSSR count). The number of aryl methyl sites for hydroxylation is 1. The molecule has 1 aromatic rings. The normalized spacial score (nSPS) is 12.7. The van der Waals surface area contributed by atoms with Gasteiger partial charge in [-0.1, -0.05) is 5.16 Å². The molecule has 1 unspecified atom stereocenters. The van der Waals surface area contributed by atoms with E-state index in [0.717, 1.165) is 0 Å². The molecule has 0 aliphatic heterocycles. The van der Waals surface area contributed by atoms with Gasteiger partial charge in [-0.3, -0.25) is 4.79 Å². The fourth-order valence-corrected chi connectivity index (χ4v) is 0.988. The summed E-state index contributed by atoms with van der Waals surface area (Å²) in [6.45, 7) is 2.51. The highest BCUT2D eigenvalue weighted by atomic mass is 16.5.